The van der Waals surface area contributed by atoms with E-state index in [2.05, 4.69) is 15.5 Å². The molecule has 0 saturated carbocycles. The minimum atomic E-state index is -0.621. The molecule has 3 aromatic rings. The Morgan fingerprint density at radius 2 is 1.84 bits per heavy atom. The van der Waals surface area contributed by atoms with Gasteiger partial charge in [0, 0.05) is 11.6 Å². The zero-order chi connectivity index (χ0) is 27.8. The third-order valence-corrected chi connectivity index (χ3v) is 7.60. The summed E-state index contributed by atoms with van der Waals surface area (Å²) < 4.78 is 18.1. The number of benzene rings is 1. The fourth-order valence-corrected chi connectivity index (χ4v) is 5.63. The Balaban J connectivity index is 1.73. The fourth-order valence-electron chi connectivity index (χ4n) is 3.54. The summed E-state index contributed by atoms with van der Waals surface area (Å²) in [5, 5.41) is 12.6. The van der Waals surface area contributed by atoms with Crippen LogP contribution in [0.15, 0.2) is 29.4 Å². The number of nitrogens with zero attached hydrogens (tertiary/aromatic N) is 3. The van der Waals surface area contributed by atoms with E-state index in [4.69, 9.17) is 25.8 Å². The highest BCUT2D eigenvalue weighted by Crippen LogP contribution is 2.35. The van der Waals surface area contributed by atoms with Crippen LogP contribution in [0.4, 0.5) is 5.00 Å². The van der Waals surface area contributed by atoms with Gasteiger partial charge in [0.2, 0.25) is 5.91 Å². The molecule has 0 spiro atoms. The van der Waals surface area contributed by atoms with Gasteiger partial charge in [0.25, 0.3) is 0 Å². The maximum absolute atomic E-state index is 12.9. The number of anilines is 1. The van der Waals surface area contributed by atoms with E-state index in [1.165, 1.54) is 11.8 Å². The van der Waals surface area contributed by atoms with Gasteiger partial charge in [0.05, 0.1) is 24.5 Å². The minimum Gasteiger partial charge on any atom is -0.483 e. The van der Waals surface area contributed by atoms with Gasteiger partial charge >= 0.3 is 11.9 Å². The molecule has 1 aromatic carbocycles. The van der Waals surface area contributed by atoms with E-state index in [-0.39, 0.29) is 40.3 Å². The Morgan fingerprint density at radius 1 is 1.13 bits per heavy atom. The first-order chi connectivity index (χ1) is 18.2. The van der Waals surface area contributed by atoms with Crippen LogP contribution in [0, 0.1) is 6.92 Å². The molecule has 0 aliphatic carbocycles. The van der Waals surface area contributed by atoms with Crippen molar-refractivity contribution in [1.29, 1.82) is 0 Å². The number of carbonyl (C=O) groups excluding carboxylic acids is 3. The van der Waals surface area contributed by atoms with Crippen LogP contribution in [-0.4, -0.2) is 51.6 Å². The number of hydrogen-bond donors (Lipinski definition) is 1. The summed E-state index contributed by atoms with van der Waals surface area (Å²) in [6.45, 7) is 9.70. The highest BCUT2D eigenvalue weighted by molar-refractivity contribution is 7.99. The summed E-state index contributed by atoms with van der Waals surface area (Å²) >= 11 is 8.22. The highest BCUT2D eigenvalue weighted by atomic mass is 35.5. The lowest BCUT2D eigenvalue weighted by Gasteiger charge is -2.15. The van der Waals surface area contributed by atoms with Gasteiger partial charge in [-0.3, -0.25) is 4.79 Å². The molecule has 1 atom stereocenters. The van der Waals surface area contributed by atoms with Gasteiger partial charge in [-0.05, 0) is 58.4 Å². The van der Waals surface area contributed by atoms with E-state index in [0.29, 0.717) is 33.9 Å². The van der Waals surface area contributed by atoms with Crippen molar-refractivity contribution in [2.24, 2.45) is 0 Å². The van der Waals surface area contributed by atoms with Gasteiger partial charge in [0.1, 0.15) is 15.6 Å². The first-order valence-corrected chi connectivity index (χ1v) is 14.1. The molecular weight excluding hydrogens is 552 g/mol. The van der Waals surface area contributed by atoms with Crippen LogP contribution in [-0.2, 0) is 20.8 Å². The van der Waals surface area contributed by atoms with Crippen LogP contribution in [0.3, 0.4) is 0 Å². The Morgan fingerprint density at radius 3 is 2.50 bits per heavy atom. The Bertz CT molecular complexity index is 1310. The number of halogens is 1. The van der Waals surface area contributed by atoms with E-state index in [0.717, 1.165) is 11.3 Å². The molecule has 1 N–H and O–H groups in total. The molecule has 0 aliphatic heterocycles. The first kappa shape index (κ1) is 29.5. The summed E-state index contributed by atoms with van der Waals surface area (Å²) in [4.78, 5) is 38.0. The molecule has 2 heterocycles. The largest absolute Gasteiger partial charge is 0.483 e. The number of thioether (sulfide) groups is 1. The van der Waals surface area contributed by atoms with Gasteiger partial charge in [0.15, 0.2) is 17.1 Å². The van der Waals surface area contributed by atoms with Crippen LogP contribution in [0.5, 0.6) is 5.75 Å². The van der Waals surface area contributed by atoms with Gasteiger partial charge < -0.3 is 24.1 Å². The SMILES string of the molecule is CCOC(=O)c1sc(NC(=O)CSc2nnc(C(C)Oc3cccc(Cl)c3)n2CC)c(C(=O)OCC)c1C. The summed E-state index contributed by atoms with van der Waals surface area (Å²) in [6, 6.07) is 7.08. The monoisotopic (exact) mass is 580 g/mol. The summed E-state index contributed by atoms with van der Waals surface area (Å²) in [6.07, 6.45) is -0.411. The normalized spacial score (nSPS) is 11.6. The maximum Gasteiger partial charge on any atom is 0.348 e. The van der Waals surface area contributed by atoms with Crippen LogP contribution in [0.1, 0.15) is 65.2 Å². The molecule has 10 nitrogen and oxygen atoms in total. The number of ether oxygens (including phenoxy) is 3. The molecule has 3 rings (SSSR count). The van der Waals surface area contributed by atoms with E-state index in [1.807, 2.05) is 18.4 Å². The predicted molar refractivity (Wildman–Crippen MR) is 147 cm³/mol. The zero-order valence-corrected chi connectivity index (χ0v) is 24.1. The van der Waals surface area contributed by atoms with Crippen molar-refractivity contribution in [2.75, 3.05) is 24.3 Å². The summed E-state index contributed by atoms with van der Waals surface area (Å²) in [5.41, 5.74) is 0.545. The van der Waals surface area contributed by atoms with Crippen LogP contribution in [0.2, 0.25) is 5.02 Å². The number of rotatable bonds is 12. The molecular formula is C25H29ClN4O6S2. The smallest absolute Gasteiger partial charge is 0.348 e. The lowest BCUT2D eigenvalue weighted by atomic mass is 10.1. The minimum absolute atomic E-state index is 0.00435. The van der Waals surface area contributed by atoms with Crippen molar-refractivity contribution in [3.8, 4) is 5.75 Å². The lowest BCUT2D eigenvalue weighted by Crippen LogP contribution is -2.17. The molecule has 0 bridgehead atoms. The van der Waals surface area contributed by atoms with Crippen molar-refractivity contribution < 1.29 is 28.6 Å². The van der Waals surface area contributed by atoms with Crippen molar-refractivity contribution >= 4 is 57.5 Å². The molecule has 0 saturated heterocycles. The van der Waals surface area contributed by atoms with Gasteiger partial charge in [-0.1, -0.05) is 29.4 Å². The third kappa shape index (κ3) is 7.06. The number of esters is 2. The summed E-state index contributed by atoms with van der Waals surface area (Å²) in [7, 11) is 0. The molecule has 1 unspecified atom stereocenters. The number of thiophene rings is 1. The van der Waals surface area contributed by atoms with E-state index in [9.17, 15) is 14.4 Å². The average molecular weight is 581 g/mol. The highest BCUT2D eigenvalue weighted by Gasteiger charge is 2.27. The zero-order valence-electron chi connectivity index (χ0n) is 21.7. The lowest BCUT2D eigenvalue weighted by molar-refractivity contribution is -0.113. The average Bonchev–Trinajstić information content (AvgIpc) is 3.43. The predicted octanol–water partition coefficient (Wildman–Crippen LogP) is 5.55. The number of hydrogen-bond acceptors (Lipinski definition) is 10. The number of carbonyl (C=O) groups is 3. The molecule has 0 radical (unpaired) electrons. The van der Waals surface area contributed by atoms with Crippen LogP contribution in [0.25, 0.3) is 0 Å². The quantitative estimate of drug-likeness (QED) is 0.217. The second-order valence-corrected chi connectivity index (χ2v) is 10.2. The van der Waals surface area contributed by atoms with Crippen LogP contribution < -0.4 is 10.1 Å². The molecule has 38 heavy (non-hydrogen) atoms. The van der Waals surface area contributed by atoms with Crippen molar-refractivity contribution in [1.82, 2.24) is 14.8 Å². The van der Waals surface area contributed by atoms with Crippen molar-refractivity contribution in [2.45, 2.75) is 52.4 Å². The number of nitrogens with one attached hydrogen (secondary N) is 1. The third-order valence-electron chi connectivity index (χ3n) is 5.21. The number of amides is 1. The van der Waals surface area contributed by atoms with E-state index >= 15 is 0 Å². The number of aromatic nitrogens is 3. The van der Waals surface area contributed by atoms with E-state index in [1.54, 1.807) is 45.0 Å². The Kier molecular flexibility index (Phi) is 10.6. The molecule has 2 aromatic heterocycles. The standard InChI is InChI=1S/C25H29ClN4O6S2/c1-6-30-21(15(5)36-17-11-9-10-16(26)12-17)28-29-25(30)37-13-18(31)27-22-19(23(32)34-7-2)14(4)20(38-22)24(33)35-8-3/h9-12,15H,6-8,13H2,1-5H3,(H,27,31). The molecule has 0 aliphatic rings. The molecule has 204 valence electrons. The van der Waals surface area contributed by atoms with Gasteiger partial charge in [-0.15, -0.1) is 21.5 Å². The topological polar surface area (TPSA) is 122 Å². The summed E-state index contributed by atoms with van der Waals surface area (Å²) in [5.74, 6) is -0.358. The second-order valence-electron chi connectivity index (χ2n) is 7.84. The first-order valence-electron chi connectivity index (χ1n) is 12.0. The molecule has 13 heteroatoms. The Labute approximate surface area is 234 Å². The van der Waals surface area contributed by atoms with Crippen LogP contribution >= 0.6 is 34.7 Å². The Hall–Kier alpha value is -3.09. The fraction of sp³-hybridized carbons (Fsp3) is 0.400. The molecule has 1 amide bonds. The molecule has 0 fully saturated rings. The van der Waals surface area contributed by atoms with Gasteiger partial charge in [-0.25, -0.2) is 9.59 Å². The maximum atomic E-state index is 12.9. The van der Waals surface area contributed by atoms with Crippen molar-refractivity contribution in [3.63, 3.8) is 0 Å². The second kappa shape index (κ2) is 13.6. The van der Waals surface area contributed by atoms with E-state index < -0.39 is 18.0 Å². The van der Waals surface area contributed by atoms with Crippen molar-refractivity contribution in [3.05, 3.63) is 51.1 Å². The van der Waals surface area contributed by atoms with Gasteiger partial charge in [-0.2, -0.15) is 0 Å².